The van der Waals surface area contributed by atoms with Crippen LogP contribution in [0.5, 0.6) is 0 Å². The van der Waals surface area contributed by atoms with Crippen molar-refractivity contribution >= 4 is 27.4 Å². The van der Waals surface area contributed by atoms with Crippen LogP contribution >= 0.6 is 11.3 Å². The minimum Gasteiger partial charge on any atom is -0.282 e. The van der Waals surface area contributed by atoms with Gasteiger partial charge in [0.05, 0.1) is 0 Å². The third-order valence-corrected chi connectivity index (χ3v) is 7.02. The highest BCUT2D eigenvalue weighted by molar-refractivity contribution is 7.92. The summed E-state index contributed by atoms with van der Waals surface area (Å²) >= 11 is 1.41. The summed E-state index contributed by atoms with van der Waals surface area (Å²) in [6, 6.07) is 13.0. The number of sulfonamides is 1. The molecule has 1 aliphatic heterocycles. The largest absolute Gasteiger partial charge is 0.370 e. The molecule has 0 atom stereocenters. The lowest BCUT2D eigenvalue weighted by molar-refractivity contribution is 0.143. The molecule has 3 heterocycles. The Morgan fingerprint density at radius 2 is 1.76 bits per heavy atom. The molecule has 29 heavy (non-hydrogen) atoms. The van der Waals surface area contributed by atoms with Crippen molar-refractivity contribution in [1.29, 1.82) is 0 Å². The molecule has 0 unspecified atom stereocenters. The number of tetrazole rings is 1. The van der Waals surface area contributed by atoms with E-state index in [9.17, 15) is 13.2 Å². The molecule has 0 amide bonds. The zero-order chi connectivity index (χ0) is 20.3. The van der Waals surface area contributed by atoms with Crippen LogP contribution in [0.4, 0.5) is 0 Å². The molecule has 0 saturated carbocycles. The molecule has 152 valence electrons. The van der Waals surface area contributed by atoms with Crippen LogP contribution in [0, 0.1) is 0 Å². The highest BCUT2D eigenvalue weighted by atomic mass is 32.2. The van der Waals surface area contributed by atoms with E-state index in [4.69, 9.17) is 0 Å². The van der Waals surface area contributed by atoms with E-state index in [1.165, 1.54) is 30.4 Å². The summed E-state index contributed by atoms with van der Waals surface area (Å²) in [5, 5.41) is 11.7. The Morgan fingerprint density at radius 3 is 2.45 bits per heavy atom. The molecular formula is C18H20N6O3S2. The van der Waals surface area contributed by atoms with E-state index in [0.717, 1.165) is 5.56 Å². The number of aromatic nitrogens is 4. The average molecular weight is 433 g/mol. The van der Waals surface area contributed by atoms with E-state index in [2.05, 4.69) is 10.4 Å². The van der Waals surface area contributed by atoms with Gasteiger partial charge in [-0.2, -0.15) is 13.7 Å². The first-order valence-corrected chi connectivity index (χ1v) is 11.4. The van der Waals surface area contributed by atoms with Crippen LogP contribution in [-0.4, -0.2) is 63.6 Å². The minimum absolute atomic E-state index is 0.276. The van der Waals surface area contributed by atoms with E-state index in [1.54, 1.807) is 12.1 Å². The molecule has 2 aromatic heterocycles. The van der Waals surface area contributed by atoms with Crippen LogP contribution in [0.25, 0.3) is 11.1 Å². The number of hydrogen-bond donors (Lipinski definition) is 0. The number of thiophene rings is 1. The van der Waals surface area contributed by atoms with E-state index >= 15 is 0 Å². The summed E-state index contributed by atoms with van der Waals surface area (Å²) in [7, 11) is -3.48. The highest BCUT2D eigenvalue weighted by Crippen LogP contribution is 2.13. The van der Waals surface area contributed by atoms with Gasteiger partial charge in [-0.15, -0.1) is 11.3 Å². The summed E-state index contributed by atoms with van der Waals surface area (Å²) < 4.78 is 29.1. The zero-order valence-corrected chi connectivity index (χ0v) is 17.2. The summed E-state index contributed by atoms with van der Waals surface area (Å²) in [6.07, 6.45) is 1.60. The molecule has 0 aliphatic carbocycles. The predicted molar refractivity (Wildman–Crippen MR) is 111 cm³/mol. The fraction of sp³-hybridized carbons (Fsp3) is 0.278. The fourth-order valence-corrected chi connectivity index (χ4v) is 4.86. The Labute approximate surface area is 172 Å². The maximum atomic E-state index is 12.6. The van der Waals surface area contributed by atoms with Gasteiger partial charge in [0.15, 0.2) is 0 Å². The molecule has 9 nitrogen and oxygen atoms in total. The van der Waals surface area contributed by atoms with E-state index in [-0.39, 0.29) is 12.4 Å². The molecule has 0 radical (unpaired) electrons. The van der Waals surface area contributed by atoms with Crippen molar-refractivity contribution in [2.45, 2.75) is 6.67 Å². The number of rotatable bonds is 6. The summed E-state index contributed by atoms with van der Waals surface area (Å²) in [6.45, 7) is 2.01. The lowest BCUT2D eigenvalue weighted by Gasteiger charge is -2.32. The van der Waals surface area contributed by atoms with Gasteiger partial charge < -0.3 is 0 Å². The zero-order valence-electron chi connectivity index (χ0n) is 15.5. The molecule has 0 bridgehead atoms. The fourth-order valence-electron chi connectivity index (χ4n) is 3.02. The Hall–Kier alpha value is -2.60. The van der Waals surface area contributed by atoms with Crippen LogP contribution in [0.2, 0.25) is 0 Å². The normalized spacial score (nSPS) is 16.6. The maximum Gasteiger partial charge on any atom is 0.370 e. The van der Waals surface area contributed by atoms with Crippen LogP contribution in [0.15, 0.2) is 58.0 Å². The molecule has 1 fully saturated rings. The number of piperazine rings is 1. The van der Waals surface area contributed by atoms with Crippen molar-refractivity contribution in [3.05, 3.63) is 69.3 Å². The molecule has 1 saturated heterocycles. The van der Waals surface area contributed by atoms with Gasteiger partial charge in [-0.05, 0) is 39.6 Å². The third-order valence-electron chi connectivity index (χ3n) is 4.61. The molecular weight excluding hydrogens is 412 g/mol. The van der Waals surface area contributed by atoms with Crippen molar-refractivity contribution < 1.29 is 8.42 Å². The highest BCUT2D eigenvalue weighted by Gasteiger charge is 2.25. The third kappa shape index (κ3) is 4.53. The quantitative estimate of drug-likeness (QED) is 0.578. The Kier molecular flexibility index (Phi) is 5.72. The Morgan fingerprint density at radius 1 is 1.00 bits per heavy atom. The van der Waals surface area contributed by atoms with Gasteiger partial charge >= 0.3 is 5.69 Å². The second-order valence-corrected chi connectivity index (χ2v) is 9.29. The second kappa shape index (κ2) is 8.41. The number of benzene rings is 1. The number of nitrogens with zero attached hydrogens (tertiary/aromatic N) is 6. The van der Waals surface area contributed by atoms with Crippen molar-refractivity contribution in [3.63, 3.8) is 0 Å². The monoisotopic (exact) mass is 432 g/mol. The first-order chi connectivity index (χ1) is 14.0. The molecule has 11 heteroatoms. The van der Waals surface area contributed by atoms with Gasteiger partial charge in [0.2, 0.25) is 10.0 Å². The van der Waals surface area contributed by atoms with Crippen molar-refractivity contribution in [2.75, 3.05) is 26.2 Å². The van der Waals surface area contributed by atoms with Gasteiger partial charge in [-0.3, -0.25) is 4.90 Å². The second-order valence-electron chi connectivity index (χ2n) is 6.54. The molecule has 3 aromatic rings. The standard InChI is InChI=1S/C18H20N6O3S2/c25-18-23(19-20-24(18)17-7-4-13-28-17)15-21-9-11-22(12-10-21)29(26,27)14-8-16-5-2-1-3-6-16/h1-8,13-14H,9-12,15H2. The van der Waals surface area contributed by atoms with Crippen LogP contribution in [0.1, 0.15) is 5.56 Å². The maximum absolute atomic E-state index is 12.6. The smallest absolute Gasteiger partial charge is 0.282 e. The minimum atomic E-state index is -3.48. The molecule has 4 rings (SSSR count). The molecule has 0 N–H and O–H groups in total. The van der Waals surface area contributed by atoms with Crippen LogP contribution in [-0.2, 0) is 16.7 Å². The van der Waals surface area contributed by atoms with Gasteiger partial charge in [0.25, 0.3) is 0 Å². The topological polar surface area (TPSA) is 93.3 Å². The van der Waals surface area contributed by atoms with Crippen molar-refractivity contribution in [3.8, 4) is 5.00 Å². The first-order valence-electron chi connectivity index (χ1n) is 9.05. The van der Waals surface area contributed by atoms with Gasteiger partial charge in [0.1, 0.15) is 11.7 Å². The van der Waals surface area contributed by atoms with Crippen LogP contribution in [0.3, 0.4) is 0 Å². The molecule has 1 aromatic carbocycles. The molecule has 1 aliphatic rings. The van der Waals surface area contributed by atoms with Gasteiger partial charge in [-0.25, -0.2) is 13.2 Å². The van der Waals surface area contributed by atoms with Crippen molar-refractivity contribution in [2.24, 2.45) is 0 Å². The SMILES string of the molecule is O=c1n(CN2CCN(S(=O)(=O)C=Cc3ccccc3)CC2)nnn1-c1cccs1. The summed E-state index contributed by atoms with van der Waals surface area (Å²) in [5.41, 5.74) is 0.524. The lowest BCUT2D eigenvalue weighted by Crippen LogP contribution is -2.49. The lowest BCUT2D eigenvalue weighted by atomic mass is 10.2. The number of hydrogen-bond acceptors (Lipinski definition) is 7. The van der Waals surface area contributed by atoms with Crippen LogP contribution < -0.4 is 5.69 Å². The van der Waals surface area contributed by atoms with E-state index in [0.29, 0.717) is 31.2 Å². The first kappa shape index (κ1) is 19.7. The van der Waals surface area contributed by atoms with E-state index < -0.39 is 10.0 Å². The average Bonchev–Trinajstić information content (AvgIpc) is 3.38. The predicted octanol–water partition coefficient (Wildman–Crippen LogP) is 1.07. The Balaban J connectivity index is 1.36. The summed E-state index contributed by atoms with van der Waals surface area (Å²) in [5.74, 6) is 0. The van der Waals surface area contributed by atoms with Crippen molar-refractivity contribution in [1.82, 2.24) is 29.0 Å². The Bertz CT molecular complexity index is 1130. The van der Waals surface area contributed by atoms with Gasteiger partial charge in [0, 0.05) is 31.6 Å². The molecule has 0 spiro atoms. The van der Waals surface area contributed by atoms with Gasteiger partial charge in [-0.1, -0.05) is 30.3 Å². The summed E-state index contributed by atoms with van der Waals surface area (Å²) in [4.78, 5) is 14.4. The van der Waals surface area contributed by atoms with E-state index in [1.807, 2.05) is 46.7 Å².